The van der Waals surface area contributed by atoms with Gasteiger partial charge in [-0.05, 0) is 36.8 Å². The number of carboxylic acid groups (broad SMARTS) is 1. The summed E-state index contributed by atoms with van der Waals surface area (Å²) >= 11 is 0. The number of carbonyl (C=O) groups is 1. The van der Waals surface area contributed by atoms with Crippen molar-refractivity contribution in [3.8, 4) is 11.3 Å². The Morgan fingerprint density at radius 1 is 1.04 bits per heavy atom. The number of aryl methyl sites for hydroxylation is 1. The van der Waals surface area contributed by atoms with Crippen LogP contribution in [0.15, 0.2) is 47.4 Å². The Kier molecular flexibility index (Phi) is 5.66. The number of hydrogen-bond acceptors (Lipinski definition) is 4. The predicted octanol–water partition coefficient (Wildman–Crippen LogP) is 3.59. The molecule has 0 aliphatic rings. The summed E-state index contributed by atoms with van der Waals surface area (Å²) in [5.74, 6) is -1.86. The predicted molar refractivity (Wildman–Crippen MR) is 93.6 cm³/mol. The third-order valence-electron chi connectivity index (χ3n) is 3.64. The minimum absolute atomic E-state index is 0.215. The number of fused-ring (bicyclic) bond motifs is 1. The first-order valence-corrected chi connectivity index (χ1v) is 9.21. The number of rotatable bonds is 2. The molecule has 0 unspecified atom stereocenters. The van der Waals surface area contributed by atoms with E-state index >= 15 is 0 Å². The molecule has 1 heterocycles. The van der Waals surface area contributed by atoms with Crippen LogP contribution >= 0.6 is 0 Å². The summed E-state index contributed by atoms with van der Waals surface area (Å²) < 4.78 is 49.7. The molecule has 0 radical (unpaired) electrons. The van der Waals surface area contributed by atoms with E-state index in [1.165, 1.54) is 12.1 Å². The topological polar surface area (TPSA) is 84.3 Å². The van der Waals surface area contributed by atoms with Gasteiger partial charge in [-0.25, -0.2) is 22.2 Å². The fraction of sp³-hybridized carbons (Fsp3) is 0.111. The van der Waals surface area contributed by atoms with E-state index in [4.69, 9.17) is 9.90 Å². The highest BCUT2D eigenvalue weighted by Crippen LogP contribution is 2.26. The van der Waals surface area contributed by atoms with E-state index in [2.05, 4.69) is 4.98 Å². The van der Waals surface area contributed by atoms with E-state index < -0.39 is 21.5 Å². The third-order valence-corrected chi connectivity index (χ3v) is 4.76. The van der Waals surface area contributed by atoms with Gasteiger partial charge in [-0.2, -0.15) is 0 Å². The summed E-state index contributed by atoms with van der Waals surface area (Å²) in [5, 5.41) is 7.43. The van der Waals surface area contributed by atoms with Gasteiger partial charge in [0.25, 0.3) is 6.47 Å². The van der Waals surface area contributed by atoms with Crippen LogP contribution in [-0.4, -0.2) is 31.2 Å². The molecule has 0 atom stereocenters. The molecule has 0 aliphatic heterocycles. The van der Waals surface area contributed by atoms with E-state index in [9.17, 15) is 17.2 Å². The summed E-state index contributed by atoms with van der Waals surface area (Å²) in [6, 6.07) is 10.2. The number of halogens is 2. The molecule has 1 N–H and O–H groups in total. The smallest absolute Gasteiger partial charge is 0.290 e. The molecule has 0 amide bonds. The number of benzene rings is 2. The van der Waals surface area contributed by atoms with Crippen molar-refractivity contribution in [1.29, 1.82) is 0 Å². The van der Waals surface area contributed by atoms with Crippen molar-refractivity contribution in [1.82, 2.24) is 4.98 Å². The van der Waals surface area contributed by atoms with Gasteiger partial charge in [0.1, 0.15) is 0 Å². The standard InChI is InChI=1S/C17H13F2NO2S.CH2O2/c1-10-7-16(11-3-5-12(6-4-11)23(2,21)22)20-17-9-15(19)14(18)8-13(10)17;2-1-3/h3-9H,1-2H3;1H,(H,2,3). The van der Waals surface area contributed by atoms with Gasteiger partial charge in [-0.3, -0.25) is 4.79 Å². The minimum Gasteiger partial charge on any atom is -0.483 e. The maximum atomic E-state index is 13.4. The molecule has 0 saturated heterocycles. The molecule has 0 saturated carbocycles. The molecule has 0 spiro atoms. The van der Waals surface area contributed by atoms with E-state index in [0.29, 0.717) is 22.2 Å². The van der Waals surface area contributed by atoms with Gasteiger partial charge >= 0.3 is 0 Å². The monoisotopic (exact) mass is 379 g/mol. The van der Waals surface area contributed by atoms with Crippen LogP contribution in [0.1, 0.15) is 5.56 Å². The highest BCUT2D eigenvalue weighted by atomic mass is 32.2. The van der Waals surface area contributed by atoms with Crippen molar-refractivity contribution in [3.05, 3.63) is 59.7 Å². The van der Waals surface area contributed by atoms with Gasteiger partial charge in [0.05, 0.1) is 16.1 Å². The lowest BCUT2D eigenvalue weighted by molar-refractivity contribution is -0.122. The Hall–Kier alpha value is -2.87. The van der Waals surface area contributed by atoms with Gasteiger partial charge < -0.3 is 5.11 Å². The van der Waals surface area contributed by atoms with Crippen molar-refractivity contribution in [2.24, 2.45) is 0 Å². The van der Waals surface area contributed by atoms with Gasteiger partial charge in [0.2, 0.25) is 0 Å². The molecule has 0 aliphatic carbocycles. The first-order chi connectivity index (χ1) is 12.2. The van der Waals surface area contributed by atoms with Crippen LogP contribution in [0.4, 0.5) is 8.78 Å². The average Bonchev–Trinajstić information content (AvgIpc) is 2.56. The van der Waals surface area contributed by atoms with E-state index in [0.717, 1.165) is 24.0 Å². The van der Waals surface area contributed by atoms with E-state index in [1.807, 2.05) is 0 Å². The van der Waals surface area contributed by atoms with Gasteiger partial charge in [0.15, 0.2) is 21.5 Å². The van der Waals surface area contributed by atoms with E-state index in [1.54, 1.807) is 25.1 Å². The van der Waals surface area contributed by atoms with Crippen LogP contribution in [0, 0.1) is 18.6 Å². The Morgan fingerprint density at radius 3 is 2.12 bits per heavy atom. The van der Waals surface area contributed by atoms with Gasteiger partial charge in [0, 0.05) is 23.3 Å². The Bertz CT molecular complexity index is 1060. The summed E-state index contributed by atoms with van der Waals surface area (Å²) in [4.78, 5) is 12.9. The number of hydrogen-bond donors (Lipinski definition) is 1. The second-order valence-electron chi connectivity index (χ2n) is 5.51. The van der Waals surface area contributed by atoms with Crippen LogP contribution in [0.2, 0.25) is 0 Å². The number of pyridine rings is 1. The maximum absolute atomic E-state index is 13.4. The Balaban J connectivity index is 0.000000758. The Labute approximate surface area is 148 Å². The van der Waals surface area contributed by atoms with Crippen LogP contribution < -0.4 is 0 Å². The highest BCUT2D eigenvalue weighted by molar-refractivity contribution is 7.90. The van der Waals surface area contributed by atoms with Crippen molar-refractivity contribution in [2.45, 2.75) is 11.8 Å². The summed E-state index contributed by atoms with van der Waals surface area (Å²) in [7, 11) is -3.27. The molecule has 8 heteroatoms. The van der Waals surface area contributed by atoms with Crippen molar-refractivity contribution < 1.29 is 27.1 Å². The molecule has 136 valence electrons. The molecular weight excluding hydrogens is 364 g/mol. The molecule has 0 bridgehead atoms. The minimum atomic E-state index is -3.27. The molecular formula is C18H15F2NO4S. The van der Waals surface area contributed by atoms with E-state index in [-0.39, 0.29) is 11.4 Å². The quantitative estimate of drug-likeness (QED) is 0.688. The first-order valence-electron chi connectivity index (χ1n) is 7.32. The molecule has 0 fully saturated rings. The molecule has 26 heavy (non-hydrogen) atoms. The third kappa shape index (κ3) is 4.20. The second-order valence-corrected chi connectivity index (χ2v) is 7.53. The molecule has 2 aromatic carbocycles. The number of aromatic nitrogens is 1. The molecule has 5 nitrogen and oxygen atoms in total. The fourth-order valence-corrected chi connectivity index (χ4v) is 3.04. The maximum Gasteiger partial charge on any atom is 0.290 e. The largest absolute Gasteiger partial charge is 0.483 e. The summed E-state index contributed by atoms with van der Waals surface area (Å²) in [5.41, 5.74) is 2.38. The lowest BCUT2D eigenvalue weighted by Gasteiger charge is -2.08. The fourth-order valence-electron chi connectivity index (χ4n) is 2.41. The molecule has 3 rings (SSSR count). The lowest BCUT2D eigenvalue weighted by Crippen LogP contribution is -1.97. The normalized spacial score (nSPS) is 10.9. The molecule has 1 aromatic heterocycles. The zero-order chi connectivity index (χ0) is 19.5. The Morgan fingerprint density at radius 2 is 1.58 bits per heavy atom. The van der Waals surface area contributed by atoms with Crippen LogP contribution in [0.5, 0.6) is 0 Å². The van der Waals surface area contributed by atoms with Crippen LogP contribution in [-0.2, 0) is 14.6 Å². The van der Waals surface area contributed by atoms with Crippen molar-refractivity contribution >= 4 is 27.2 Å². The zero-order valence-corrected chi connectivity index (χ0v) is 14.7. The highest BCUT2D eigenvalue weighted by Gasteiger charge is 2.11. The summed E-state index contributed by atoms with van der Waals surface area (Å²) in [6.45, 7) is 1.54. The van der Waals surface area contributed by atoms with Gasteiger partial charge in [-0.1, -0.05) is 12.1 Å². The second kappa shape index (κ2) is 7.57. The average molecular weight is 379 g/mol. The van der Waals surface area contributed by atoms with Crippen molar-refractivity contribution in [3.63, 3.8) is 0 Å². The van der Waals surface area contributed by atoms with Crippen molar-refractivity contribution in [2.75, 3.05) is 6.26 Å². The number of nitrogens with zero attached hydrogens (tertiary/aromatic N) is 1. The SMILES string of the molecule is Cc1cc(-c2ccc(S(C)(=O)=O)cc2)nc2cc(F)c(F)cc12.O=CO. The van der Waals surface area contributed by atoms with Crippen LogP contribution in [0.25, 0.3) is 22.2 Å². The van der Waals surface area contributed by atoms with Crippen LogP contribution in [0.3, 0.4) is 0 Å². The summed E-state index contributed by atoms with van der Waals surface area (Å²) in [6.07, 6.45) is 1.14. The lowest BCUT2D eigenvalue weighted by atomic mass is 10.0. The molecule has 3 aromatic rings. The first kappa shape index (κ1) is 19.5. The van der Waals surface area contributed by atoms with Gasteiger partial charge in [-0.15, -0.1) is 0 Å². The zero-order valence-electron chi connectivity index (χ0n) is 13.9. The number of sulfone groups is 1.